The standard InChI is InChI=1S/C34H46N8O3/c1-6-29(43)35-24-17-15-23(16-18-24)32(44)37-26-14-10-13-25(19-26)36-31-27-20-42(34(2,3)30(27)39-40-31)33(45)38-28(21-41(4)5)22-11-8-7-9-12-22/h6-9,11-12,15-18,25-26,28,31,36,39-40H,1,10,13-14,19-21H2,2-5H3,(H,35,43)(H,37,44)(H,38,45)/t25-,26-,28-,31?/m1/s1. The van der Waals surface area contributed by atoms with Crippen LogP contribution in [0.1, 0.15) is 61.5 Å². The number of anilines is 1. The number of nitrogens with zero attached hydrogens (tertiary/aromatic N) is 2. The van der Waals surface area contributed by atoms with Crippen molar-refractivity contribution >= 4 is 23.5 Å². The predicted octanol–water partition coefficient (Wildman–Crippen LogP) is 3.24. The zero-order valence-corrected chi connectivity index (χ0v) is 26.7. The minimum atomic E-state index is -0.519. The van der Waals surface area contributed by atoms with Crippen LogP contribution in [0.2, 0.25) is 0 Å². The molecule has 1 unspecified atom stereocenters. The van der Waals surface area contributed by atoms with E-state index in [0.29, 0.717) is 24.3 Å². The van der Waals surface area contributed by atoms with Crippen LogP contribution >= 0.6 is 0 Å². The Kier molecular flexibility index (Phi) is 9.91. The van der Waals surface area contributed by atoms with E-state index in [4.69, 9.17) is 0 Å². The molecule has 11 nitrogen and oxygen atoms in total. The van der Waals surface area contributed by atoms with Crippen molar-refractivity contribution in [2.24, 2.45) is 0 Å². The van der Waals surface area contributed by atoms with Crippen molar-refractivity contribution in [1.82, 2.24) is 36.6 Å². The highest BCUT2D eigenvalue weighted by Gasteiger charge is 2.48. The van der Waals surface area contributed by atoms with Crippen molar-refractivity contribution in [3.8, 4) is 0 Å². The third-order valence-corrected chi connectivity index (χ3v) is 8.93. The van der Waals surface area contributed by atoms with Gasteiger partial charge in [-0.1, -0.05) is 36.9 Å². The van der Waals surface area contributed by atoms with Gasteiger partial charge in [0.1, 0.15) is 6.17 Å². The zero-order valence-electron chi connectivity index (χ0n) is 26.7. The molecule has 0 radical (unpaired) electrons. The summed E-state index contributed by atoms with van der Waals surface area (Å²) in [6, 6.07) is 16.9. The van der Waals surface area contributed by atoms with Gasteiger partial charge in [0.05, 0.1) is 17.3 Å². The number of amides is 4. The molecule has 11 heteroatoms. The Morgan fingerprint density at radius 2 is 1.78 bits per heavy atom. The molecule has 1 fully saturated rings. The molecule has 1 saturated carbocycles. The van der Waals surface area contributed by atoms with Gasteiger partial charge in [0.15, 0.2) is 0 Å². The van der Waals surface area contributed by atoms with Gasteiger partial charge in [-0.15, -0.1) is 0 Å². The Hall–Kier alpha value is -4.19. The molecule has 4 atom stereocenters. The molecule has 45 heavy (non-hydrogen) atoms. The lowest BCUT2D eigenvalue weighted by atomic mass is 9.90. The van der Waals surface area contributed by atoms with Crippen LogP contribution in [0.15, 0.2) is 78.5 Å². The highest BCUT2D eigenvalue weighted by molar-refractivity contribution is 5.99. The average molecular weight is 615 g/mol. The van der Waals surface area contributed by atoms with E-state index in [1.807, 2.05) is 37.2 Å². The van der Waals surface area contributed by atoms with E-state index in [2.05, 4.69) is 69.6 Å². The van der Waals surface area contributed by atoms with Gasteiger partial charge in [-0.3, -0.25) is 14.9 Å². The number of benzene rings is 2. The number of rotatable bonds is 10. The predicted molar refractivity (Wildman–Crippen MR) is 176 cm³/mol. The summed E-state index contributed by atoms with van der Waals surface area (Å²) >= 11 is 0. The van der Waals surface area contributed by atoms with E-state index < -0.39 is 5.54 Å². The lowest BCUT2D eigenvalue weighted by Gasteiger charge is -2.37. The van der Waals surface area contributed by atoms with Gasteiger partial charge < -0.3 is 31.2 Å². The Bertz CT molecular complexity index is 1420. The molecular formula is C34H46N8O3. The molecule has 2 heterocycles. The summed E-state index contributed by atoms with van der Waals surface area (Å²) in [4.78, 5) is 42.2. The number of hydrogen-bond acceptors (Lipinski definition) is 7. The smallest absolute Gasteiger partial charge is 0.318 e. The lowest BCUT2D eigenvalue weighted by Crippen LogP contribution is -2.57. The zero-order chi connectivity index (χ0) is 32.1. The van der Waals surface area contributed by atoms with Crippen LogP contribution in [0.4, 0.5) is 10.5 Å². The highest BCUT2D eigenvalue weighted by Crippen LogP contribution is 2.36. The summed E-state index contributed by atoms with van der Waals surface area (Å²) < 4.78 is 0. The number of urea groups is 1. The van der Waals surface area contributed by atoms with Gasteiger partial charge in [-0.25, -0.2) is 10.2 Å². The third kappa shape index (κ3) is 7.55. The Balaban J connectivity index is 1.17. The summed E-state index contributed by atoms with van der Waals surface area (Å²) in [5.41, 5.74) is 10.6. The summed E-state index contributed by atoms with van der Waals surface area (Å²) in [7, 11) is 4.02. The Labute approximate surface area is 265 Å². The first-order valence-corrected chi connectivity index (χ1v) is 15.7. The molecule has 1 aliphatic carbocycles. The largest absolute Gasteiger partial charge is 0.349 e. The number of hydrazine groups is 1. The number of hydrogen-bond donors (Lipinski definition) is 6. The van der Waals surface area contributed by atoms with Crippen LogP contribution in [0.5, 0.6) is 0 Å². The maximum Gasteiger partial charge on any atom is 0.318 e. The molecule has 0 bridgehead atoms. The number of carbonyl (C=O) groups excluding carboxylic acids is 3. The van der Waals surface area contributed by atoms with Crippen LogP contribution < -0.4 is 32.1 Å². The number of carbonyl (C=O) groups is 3. The maximum absolute atomic E-state index is 13.7. The fraction of sp³-hybridized carbons (Fsp3) is 0.441. The van der Waals surface area contributed by atoms with Crippen molar-refractivity contribution in [3.05, 3.63) is 89.6 Å². The first-order chi connectivity index (χ1) is 21.5. The van der Waals surface area contributed by atoms with Gasteiger partial charge in [-0.05, 0) is 89.5 Å². The topological polar surface area (TPSA) is 130 Å². The van der Waals surface area contributed by atoms with Crippen molar-refractivity contribution in [3.63, 3.8) is 0 Å². The molecule has 2 aromatic carbocycles. The van der Waals surface area contributed by atoms with Gasteiger partial charge in [0.25, 0.3) is 5.91 Å². The fourth-order valence-electron chi connectivity index (χ4n) is 6.53. The average Bonchev–Trinajstić information content (AvgIpc) is 3.54. The maximum atomic E-state index is 13.7. The molecule has 0 aromatic heterocycles. The van der Waals surface area contributed by atoms with Crippen molar-refractivity contribution < 1.29 is 14.4 Å². The molecule has 4 amide bonds. The second-order valence-corrected chi connectivity index (χ2v) is 12.9. The molecular weight excluding hydrogens is 568 g/mol. The molecule has 2 aromatic rings. The van der Waals surface area contributed by atoms with Crippen LogP contribution in [0.25, 0.3) is 0 Å². The van der Waals surface area contributed by atoms with Gasteiger partial charge >= 0.3 is 6.03 Å². The van der Waals surface area contributed by atoms with Gasteiger partial charge in [0, 0.05) is 42.0 Å². The number of likely N-dealkylation sites (N-methyl/N-ethyl adjacent to an activating group) is 1. The molecule has 2 aliphatic heterocycles. The van der Waals surface area contributed by atoms with Crippen molar-refractivity contribution in [2.45, 2.75) is 69.4 Å². The molecule has 240 valence electrons. The van der Waals surface area contributed by atoms with Crippen LogP contribution in [-0.4, -0.2) is 78.6 Å². The Morgan fingerprint density at radius 3 is 2.47 bits per heavy atom. The van der Waals surface area contributed by atoms with E-state index in [0.717, 1.165) is 42.5 Å². The van der Waals surface area contributed by atoms with Gasteiger partial charge in [0.2, 0.25) is 5.91 Å². The van der Waals surface area contributed by atoms with Gasteiger partial charge in [-0.2, -0.15) is 0 Å². The highest BCUT2D eigenvalue weighted by atomic mass is 16.2. The molecule has 5 rings (SSSR count). The van der Waals surface area contributed by atoms with E-state index in [-0.39, 0.29) is 42.1 Å². The second-order valence-electron chi connectivity index (χ2n) is 12.9. The van der Waals surface area contributed by atoms with E-state index >= 15 is 0 Å². The van der Waals surface area contributed by atoms with Crippen LogP contribution in [0.3, 0.4) is 0 Å². The minimum Gasteiger partial charge on any atom is -0.349 e. The monoisotopic (exact) mass is 614 g/mol. The lowest BCUT2D eigenvalue weighted by molar-refractivity contribution is -0.111. The fourth-order valence-corrected chi connectivity index (χ4v) is 6.53. The summed E-state index contributed by atoms with van der Waals surface area (Å²) in [5.74, 6) is -0.424. The molecule has 0 saturated heterocycles. The number of nitrogens with one attached hydrogen (secondary N) is 6. The van der Waals surface area contributed by atoms with Crippen LogP contribution in [0, 0.1) is 0 Å². The van der Waals surface area contributed by atoms with E-state index in [1.165, 1.54) is 6.08 Å². The third-order valence-electron chi connectivity index (χ3n) is 8.93. The summed E-state index contributed by atoms with van der Waals surface area (Å²) in [6.07, 6.45) is 4.80. The molecule has 0 spiro atoms. The van der Waals surface area contributed by atoms with Crippen molar-refractivity contribution in [1.29, 1.82) is 0 Å². The first kappa shape index (κ1) is 32.2. The summed E-state index contributed by atoms with van der Waals surface area (Å²) in [5, 5.41) is 12.9. The van der Waals surface area contributed by atoms with Crippen LogP contribution in [-0.2, 0) is 4.79 Å². The Morgan fingerprint density at radius 1 is 1.07 bits per heavy atom. The molecule has 3 aliphatic rings. The molecule has 6 N–H and O–H groups in total. The van der Waals surface area contributed by atoms with E-state index in [9.17, 15) is 14.4 Å². The minimum absolute atomic E-state index is 0.0422. The van der Waals surface area contributed by atoms with E-state index in [1.54, 1.807) is 24.3 Å². The summed E-state index contributed by atoms with van der Waals surface area (Å²) in [6.45, 7) is 8.80. The normalized spacial score (nSPS) is 22.8. The second kappa shape index (κ2) is 13.8. The quantitative estimate of drug-likeness (QED) is 0.227. The SMILES string of the molecule is C=CC(=O)Nc1ccc(C(=O)N[C@@H]2CCC[C@@H](NC3NNC4=C3CN(C(=O)N[C@H](CN(C)C)c3ccccc3)C4(C)C)C2)cc1. The first-order valence-electron chi connectivity index (χ1n) is 15.7. The van der Waals surface area contributed by atoms with Crippen molar-refractivity contribution in [2.75, 3.05) is 32.5 Å².